The molecule has 0 heterocycles. The van der Waals surface area contributed by atoms with Crippen molar-refractivity contribution >= 4 is 0 Å². The van der Waals surface area contributed by atoms with E-state index >= 15 is 0 Å². The predicted molar refractivity (Wildman–Crippen MR) is 76.1 cm³/mol. The first-order valence-corrected chi connectivity index (χ1v) is 7.61. The van der Waals surface area contributed by atoms with Crippen LogP contribution in [-0.4, -0.2) is 17.4 Å². The van der Waals surface area contributed by atoms with E-state index in [1.165, 1.54) is 64.2 Å². The van der Waals surface area contributed by atoms with Crippen molar-refractivity contribution in [3.05, 3.63) is 0 Å². The van der Waals surface area contributed by atoms with Crippen LogP contribution in [0.4, 0.5) is 0 Å². The summed E-state index contributed by atoms with van der Waals surface area (Å²) in [6.07, 6.45) is 13.2. The van der Waals surface area contributed by atoms with Crippen molar-refractivity contribution in [3.63, 3.8) is 0 Å². The molecule has 0 radical (unpaired) electrons. The van der Waals surface area contributed by atoms with Crippen molar-refractivity contribution in [2.45, 2.75) is 97.2 Å². The van der Waals surface area contributed by atoms with Crippen LogP contribution in [0.1, 0.15) is 85.0 Å². The smallest absolute Gasteiger partial charge is 0.102 e. The molecule has 2 heteroatoms. The van der Waals surface area contributed by atoms with Gasteiger partial charge in [0.1, 0.15) is 6.23 Å². The van der Waals surface area contributed by atoms with E-state index in [9.17, 15) is 0 Å². The second-order valence-corrected chi connectivity index (χ2v) is 5.36. The van der Waals surface area contributed by atoms with E-state index in [-0.39, 0.29) is 6.23 Å². The van der Waals surface area contributed by atoms with Crippen molar-refractivity contribution in [2.75, 3.05) is 0 Å². The molecule has 0 aliphatic heterocycles. The topological polar surface area (TPSA) is 32.3 Å². The Labute approximate surface area is 108 Å². The zero-order valence-electron chi connectivity index (χ0n) is 12.2. The van der Waals surface area contributed by atoms with Gasteiger partial charge >= 0.3 is 0 Å². The average Bonchev–Trinajstić information content (AvgIpc) is 2.26. The summed E-state index contributed by atoms with van der Waals surface area (Å²) >= 11 is 0. The maximum Gasteiger partial charge on any atom is 0.102 e. The number of aliphatic hydroxyl groups excluding tert-OH is 1. The highest BCUT2D eigenvalue weighted by molar-refractivity contribution is 4.60. The molecule has 0 rings (SSSR count). The van der Waals surface area contributed by atoms with Crippen molar-refractivity contribution in [3.8, 4) is 0 Å². The lowest BCUT2D eigenvalue weighted by atomic mass is 10.0. The number of hydrogen-bond donors (Lipinski definition) is 2. The average molecular weight is 243 g/mol. The van der Waals surface area contributed by atoms with Crippen LogP contribution in [0.5, 0.6) is 0 Å². The molecule has 2 N–H and O–H groups in total. The Morgan fingerprint density at radius 3 is 1.76 bits per heavy atom. The van der Waals surface area contributed by atoms with Crippen LogP contribution < -0.4 is 5.32 Å². The van der Waals surface area contributed by atoms with Crippen LogP contribution in [0.2, 0.25) is 0 Å². The van der Waals surface area contributed by atoms with E-state index in [4.69, 9.17) is 5.11 Å². The Morgan fingerprint density at radius 1 is 0.824 bits per heavy atom. The maximum absolute atomic E-state index is 9.16. The first-order chi connectivity index (χ1) is 8.16. The lowest BCUT2D eigenvalue weighted by Crippen LogP contribution is -2.33. The van der Waals surface area contributed by atoms with Crippen molar-refractivity contribution < 1.29 is 5.11 Å². The zero-order chi connectivity index (χ0) is 12.9. The van der Waals surface area contributed by atoms with Gasteiger partial charge in [-0.2, -0.15) is 0 Å². The lowest BCUT2D eigenvalue weighted by molar-refractivity contribution is 0.141. The van der Waals surface area contributed by atoms with Crippen LogP contribution in [0.3, 0.4) is 0 Å². The number of nitrogens with one attached hydrogen (secondary N) is 1. The maximum atomic E-state index is 9.16. The van der Waals surface area contributed by atoms with Crippen LogP contribution in [0.15, 0.2) is 0 Å². The summed E-state index contributed by atoms with van der Waals surface area (Å²) in [5, 5.41) is 12.3. The highest BCUT2D eigenvalue weighted by Crippen LogP contribution is 2.11. The Morgan fingerprint density at radius 2 is 1.29 bits per heavy atom. The van der Waals surface area contributed by atoms with Gasteiger partial charge in [-0.15, -0.1) is 0 Å². The van der Waals surface area contributed by atoms with Gasteiger partial charge in [0.15, 0.2) is 0 Å². The third-order valence-electron chi connectivity index (χ3n) is 3.27. The first-order valence-electron chi connectivity index (χ1n) is 7.61. The van der Waals surface area contributed by atoms with E-state index < -0.39 is 0 Å². The Hall–Kier alpha value is -0.0800. The van der Waals surface area contributed by atoms with Crippen LogP contribution >= 0.6 is 0 Å². The lowest BCUT2D eigenvalue weighted by Gasteiger charge is -2.15. The van der Waals surface area contributed by atoms with Gasteiger partial charge in [0, 0.05) is 6.04 Å². The SMILES string of the molecule is CCCCCCCCCCCC(C)NC(C)O. The molecule has 0 fully saturated rings. The third-order valence-corrected chi connectivity index (χ3v) is 3.27. The summed E-state index contributed by atoms with van der Waals surface area (Å²) < 4.78 is 0. The highest BCUT2D eigenvalue weighted by Gasteiger charge is 2.03. The highest BCUT2D eigenvalue weighted by atomic mass is 16.3. The largest absolute Gasteiger partial charge is 0.379 e. The second kappa shape index (κ2) is 12.4. The third kappa shape index (κ3) is 13.9. The summed E-state index contributed by atoms with van der Waals surface area (Å²) in [5.74, 6) is 0. The molecule has 0 saturated carbocycles. The molecule has 0 aromatic carbocycles. The molecule has 0 bridgehead atoms. The van der Waals surface area contributed by atoms with Gasteiger partial charge in [-0.25, -0.2) is 0 Å². The fraction of sp³-hybridized carbons (Fsp3) is 1.00. The molecule has 0 aromatic rings. The summed E-state index contributed by atoms with van der Waals surface area (Å²) in [7, 11) is 0. The monoisotopic (exact) mass is 243 g/mol. The quantitative estimate of drug-likeness (QED) is 0.397. The molecule has 104 valence electrons. The van der Waals surface area contributed by atoms with Gasteiger partial charge in [-0.05, 0) is 20.3 Å². The van der Waals surface area contributed by atoms with Gasteiger partial charge < -0.3 is 5.11 Å². The molecule has 2 nitrogen and oxygen atoms in total. The zero-order valence-corrected chi connectivity index (χ0v) is 12.2. The van der Waals surface area contributed by atoms with Crippen molar-refractivity contribution in [2.24, 2.45) is 0 Å². The van der Waals surface area contributed by atoms with E-state index in [1.54, 1.807) is 6.92 Å². The second-order valence-electron chi connectivity index (χ2n) is 5.36. The number of unbranched alkanes of at least 4 members (excludes halogenated alkanes) is 8. The standard InChI is InChI=1S/C15H33NO/c1-4-5-6-7-8-9-10-11-12-13-14(2)16-15(3)17/h14-17H,4-13H2,1-3H3. The van der Waals surface area contributed by atoms with Gasteiger partial charge in [0.2, 0.25) is 0 Å². The Bertz CT molecular complexity index is 148. The van der Waals surface area contributed by atoms with E-state index in [2.05, 4.69) is 19.2 Å². The summed E-state index contributed by atoms with van der Waals surface area (Å²) in [6, 6.07) is 0.444. The molecule has 2 atom stereocenters. The van der Waals surface area contributed by atoms with Crippen LogP contribution in [0, 0.1) is 0 Å². The van der Waals surface area contributed by atoms with Gasteiger partial charge in [-0.3, -0.25) is 5.32 Å². The number of aliphatic hydroxyl groups is 1. The molecule has 0 spiro atoms. The van der Waals surface area contributed by atoms with E-state index in [0.717, 1.165) is 0 Å². The molecule has 0 aliphatic rings. The molecule has 0 aliphatic carbocycles. The molecular formula is C15H33NO. The molecule has 2 unspecified atom stereocenters. The fourth-order valence-electron chi connectivity index (χ4n) is 2.26. The molecule has 0 aromatic heterocycles. The van der Waals surface area contributed by atoms with Gasteiger partial charge in [-0.1, -0.05) is 64.7 Å². The molecule has 0 saturated heterocycles. The van der Waals surface area contributed by atoms with Gasteiger partial charge in [0.05, 0.1) is 0 Å². The summed E-state index contributed by atoms with van der Waals surface area (Å²) in [4.78, 5) is 0. The molecular weight excluding hydrogens is 210 g/mol. The summed E-state index contributed by atoms with van der Waals surface area (Å²) in [5.41, 5.74) is 0. The van der Waals surface area contributed by atoms with Gasteiger partial charge in [0.25, 0.3) is 0 Å². The van der Waals surface area contributed by atoms with Crippen molar-refractivity contribution in [1.29, 1.82) is 0 Å². The minimum absolute atomic E-state index is 0.372. The summed E-state index contributed by atoms with van der Waals surface area (Å²) in [6.45, 7) is 6.20. The van der Waals surface area contributed by atoms with Crippen LogP contribution in [-0.2, 0) is 0 Å². The number of rotatable bonds is 12. The van der Waals surface area contributed by atoms with E-state index in [0.29, 0.717) is 6.04 Å². The van der Waals surface area contributed by atoms with Crippen molar-refractivity contribution in [1.82, 2.24) is 5.32 Å². The Balaban J connectivity index is 3.07. The van der Waals surface area contributed by atoms with E-state index in [1.807, 2.05) is 0 Å². The predicted octanol–water partition coefficient (Wildman–Crippen LogP) is 4.22. The number of hydrogen-bond acceptors (Lipinski definition) is 2. The first kappa shape index (κ1) is 16.9. The Kier molecular flexibility index (Phi) is 12.3. The molecule has 0 amide bonds. The molecule has 17 heavy (non-hydrogen) atoms. The minimum atomic E-state index is -0.372. The fourth-order valence-corrected chi connectivity index (χ4v) is 2.26. The van der Waals surface area contributed by atoms with Crippen LogP contribution in [0.25, 0.3) is 0 Å². The minimum Gasteiger partial charge on any atom is -0.379 e. The normalized spacial score (nSPS) is 14.8.